The van der Waals surface area contributed by atoms with Gasteiger partial charge in [-0.05, 0) is 39.3 Å². The normalized spacial score (nSPS) is 11.9. The van der Waals surface area contributed by atoms with Gasteiger partial charge >= 0.3 is 0 Å². The van der Waals surface area contributed by atoms with Gasteiger partial charge in [-0.2, -0.15) is 0 Å². The first kappa shape index (κ1) is 12.8. The van der Waals surface area contributed by atoms with Gasteiger partial charge in [0.25, 0.3) is 0 Å². The first-order valence-corrected chi connectivity index (χ1v) is 5.97. The molecule has 0 spiro atoms. The predicted molar refractivity (Wildman–Crippen MR) is 72.6 cm³/mol. The quantitative estimate of drug-likeness (QED) is 0.771. The molecule has 0 saturated carbocycles. The van der Waals surface area contributed by atoms with Gasteiger partial charge in [0.2, 0.25) is 0 Å². The van der Waals surface area contributed by atoms with Crippen LogP contribution in [-0.2, 0) is 0 Å². The second-order valence-corrected chi connectivity index (χ2v) is 4.72. The zero-order valence-electron chi connectivity index (χ0n) is 10.8. The molecular weight excluding hydrogens is 250 g/mol. The molecule has 0 amide bonds. The molecule has 2 aromatic rings. The minimum absolute atomic E-state index is 0.468. The fourth-order valence-electron chi connectivity index (χ4n) is 1.86. The van der Waals surface area contributed by atoms with Gasteiger partial charge in [0.15, 0.2) is 5.82 Å². The molecule has 4 nitrogen and oxygen atoms in total. The SMILES string of the molecule is CC(Cl)=Nc1ncc(-c2c(C)noc2C)cc1C. The van der Waals surface area contributed by atoms with Gasteiger partial charge in [-0.15, -0.1) is 0 Å². The maximum Gasteiger partial charge on any atom is 0.156 e. The summed E-state index contributed by atoms with van der Waals surface area (Å²) in [6, 6.07) is 2.01. The smallest absolute Gasteiger partial charge is 0.156 e. The van der Waals surface area contributed by atoms with Crippen molar-refractivity contribution in [1.29, 1.82) is 0 Å². The molecule has 2 rings (SSSR count). The van der Waals surface area contributed by atoms with Crippen LogP contribution < -0.4 is 0 Å². The van der Waals surface area contributed by atoms with Crippen molar-refractivity contribution in [2.24, 2.45) is 4.99 Å². The molecule has 0 N–H and O–H groups in total. The Labute approximate surface area is 111 Å². The van der Waals surface area contributed by atoms with Crippen LogP contribution in [0, 0.1) is 20.8 Å². The zero-order chi connectivity index (χ0) is 13.3. The van der Waals surface area contributed by atoms with E-state index in [1.165, 1.54) is 0 Å². The molecule has 5 heteroatoms. The Kier molecular flexibility index (Phi) is 3.48. The summed E-state index contributed by atoms with van der Waals surface area (Å²) in [6.07, 6.45) is 1.76. The molecular formula is C13H14ClN3O. The monoisotopic (exact) mass is 263 g/mol. The Balaban J connectivity index is 2.50. The molecule has 0 fully saturated rings. The molecule has 2 heterocycles. The third-order valence-corrected chi connectivity index (χ3v) is 2.72. The highest BCUT2D eigenvalue weighted by Gasteiger charge is 2.12. The molecule has 0 aliphatic carbocycles. The van der Waals surface area contributed by atoms with Crippen molar-refractivity contribution in [1.82, 2.24) is 10.1 Å². The van der Waals surface area contributed by atoms with E-state index >= 15 is 0 Å². The number of hydrogen-bond acceptors (Lipinski definition) is 4. The highest BCUT2D eigenvalue weighted by molar-refractivity contribution is 6.65. The Hall–Kier alpha value is -1.68. The molecule has 0 aromatic carbocycles. The molecule has 18 heavy (non-hydrogen) atoms. The van der Waals surface area contributed by atoms with Gasteiger partial charge in [-0.25, -0.2) is 9.98 Å². The fraction of sp³-hybridized carbons (Fsp3) is 0.308. The van der Waals surface area contributed by atoms with Crippen LogP contribution in [-0.4, -0.2) is 15.3 Å². The lowest BCUT2D eigenvalue weighted by Crippen LogP contribution is -1.88. The largest absolute Gasteiger partial charge is 0.361 e. The number of hydrogen-bond donors (Lipinski definition) is 0. The van der Waals surface area contributed by atoms with E-state index in [0.29, 0.717) is 11.0 Å². The van der Waals surface area contributed by atoms with Crippen LogP contribution in [0.1, 0.15) is 23.9 Å². The molecule has 94 valence electrons. The highest BCUT2D eigenvalue weighted by Crippen LogP contribution is 2.29. The number of nitrogens with zero attached hydrogens (tertiary/aromatic N) is 3. The van der Waals surface area contributed by atoms with Crippen LogP contribution in [0.2, 0.25) is 0 Å². The topological polar surface area (TPSA) is 51.3 Å². The molecule has 0 aliphatic rings. The first-order chi connectivity index (χ1) is 8.49. The van der Waals surface area contributed by atoms with Crippen molar-refractivity contribution in [3.8, 4) is 11.1 Å². The minimum Gasteiger partial charge on any atom is -0.361 e. The number of rotatable bonds is 2. The van der Waals surface area contributed by atoms with E-state index in [1.807, 2.05) is 26.8 Å². The van der Waals surface area contributed by atoms with E-state index in [2.05, 4.69) is 15.1 Å². The van der Waals surface area contributed by atoms with Gasteiger partial charge in [0.1, 0.15) is 10.9 Å². The summed E-state index contributed by atoms with van der Waals surface area (Å²) >= 11 is 5.76. The van der Waals surface area contributed by atoms with Crippen LogP contribution in [0.4, 0.5) is 5.82 Å². The minimum atomic E-state index is 0.468. The Morgan fingerprint density at radius 1 is 1.33 bits per heavy atom. The van der Waals surface area contributed by atoms with Crippen molar-refractivity contribution in [3.63, 3.8) is 0 Å². The van der Waals surface area contributed by atoms with Gasteiger partial charge < -0.3 is 4.52 Å². The first-order valence-electron chi connectivity index (χ1n) is 5.59. The average molecular weight is 264 g/mol. The van der Waals surface area contributed by atoms with Crippen LogP contribution in [0.3, 0.4) is 0 Å². The second kappa shape index (κ2) is 4.90. The molecule has 0 unspecified atom stereocenters. The summed E-state index contributed by atoms with van der Waals surface area (Å²) in [4.78, 5) is 8.47. The molecule has 2 aromatic heterocycles. The predicted octanol–water partition coefficient (Wildman–Crippen LogP) is 3.95. The van der Waals surface area contributed by atoms with Gasteiger partial charge in [-0.3, -0.25) is 0 Å². The number of aliphatic imine (C=N–C) groups is 1. The van der Waals surface area contributed by atoms with Crippen molar-refractivity contribution in [3.05, 3.63) is 29.3 Å². The zero-order valence-corrected chi connectivity index (χ0v) is 11.5. The van der Waals surface area contributed by atoms with Crippen LogP contribution in [0.15, 0.2) is 21.8 Å². The van der Waals surface area contributed by atoms with E-state index in [9.17, 15) is 0 Å². The summed E-state index contributed by atoms with van der Waals surface area (Å²) in [5.41, 5.74) is 3.80. The number of aromatic nitrogens is 2. The standard InChI is InChI=1S/C13H14ClN3O/c1-7-5-11(6-15-13(7)16-10(4)14)12-8(2)17-18-9(12)3/h5-6H,1-4H3. The summed E-state index contributed by atoms with van der Waals surface area (Å²) in [5, 5.41) is 4.41. The third-order valence-electron chi connectivity index (χ3n) is 2.63. The lowest BCUT2D eigenvalue weighted by atomic mass is 10.0. The third kappa shape index (κ3) is 2.43. The number of pyridine rings is 1. The molecule has 0 bridgehead atoms. The average Bonchev–Trinajstić information content (AvgIpc) is 2.61. The van der Waals surface area contributed by atoms with Crippen molar-refractivity contribution < 1.29 is 4.52 Å². The van der Waals surface area contributed by atoms with E-state index < -0.39 is 0 Å². The highest BCUT2D eigenvalue weighted by atomic mass is 35.5. The van der Waals surface area contributed by atoms with Crippen LogP contribution >= 0.6 is 11.6 Å². The van der Waals surface area contributed by atoms with Gasteiger partial charge in [-0.1, -0.05) is 16.8 Å². The molecule has 0 atom stereocenters. The Morgan fingerprint density at radius 2 is 2.06 bits per heavy atom. The van der Waals surface area contributed by atoms with Crippen LogP contribution in [0.25, 0.3) is 11.1 Å². The summed E-state index contributed by atoms with van der Waals surface area (Å²) in [7, 11) is 0. The number of aryl methyl sites for hydroxylation is 3. The van der Waals surface area contributed by atoms with E-state index in [1.54, 1.807) is 13.1 Å². The number of halogens is 1. The maximum atomic E-state index is 5.76. The summed E-state index contributed by atoms with van der Waals surface area (Å²) in [6.45, 7) is 7.48. The van der Waals surface area contributed by atoms with Crippen LogP contribution in [0.5, 0.6) is 0 Å². The fourth-order valence-corrected chi connectivity index (χ4v) is 1.94. The van der Waals surface area contributed by atoms with E-state index in [-0.39, 0.29) is 0 Å². The summed E-state index contributed by atoms with van der Waals surface area (Å²) in [5.74, 6) is 1.43. The van der Waals surface area contributed by atoms with E-state index in [0.717, 1.165) is 28.1 Å². The van der Waals surface area contributed by atoms with Gasteiger partial charge in [0, 0.05) is 17.3 Å². The van der Waals surface area contributed by atoms with E-state index in [4.69, 9.17) is 16.1 Å². The lowest BCUT2D eigenvalue weighted by molar-refractivity contribution is 0.393. The second-order valence-electron chi connectivity index (χ2n) is 4.17. The Bertz CT molecular complexity index is 593. The lowest BCUT2D eigenvalue weighted by Gasteiger charge is -2.04. The molecule has 0 aliphatic heterocycles. The van der Waals surface area contributed by atoms with Crippen molar-refractivity contribution in [2.45, 2.75) is 27.7 Å². The van der Waals surface area contributed by atoms with Crippen molar-refractivity contribution in [2.75, 3.05) is 0 Å². The molecule has 0 radical (unpaired) electrons. The molecule has 0 saturated heterocycles. The van der Waals surface area contributed by atoms with Gasteiger partial charge in [0.05, 0.1) is 5.69 Å². The summed E-state index contributed by atoms with van der Waals surface area (Å²) < 4.78 is 5.16. The van der Waals surface area contributed by atoms with Crippen molar-refractivity contribution >= 4 is 22.6 Å². The Morgan fingerprint density at radius 3 is 2.56 bits per heavy atom. The maximum absolute atomic E-state index is 5.76.